The van der Waals surface area contributed by atoms with Crippen LogP contribution in [0.5, 0.6) is 5.75 Å². The molecule has 3 rings (SSSR count). The van der Waals surface area contributed by atoms with E-state index in [-0.39, 0.29) is 21.0 Å². The number of methoxy groups -OCH3 is 2. The van der Waals surface area contributed by atoms with Crippen LogP contribution in [0.25, 0.3) is 0 Å². The Hall–Kier alpha value is -3.36. The smallest absolute Gasteiger partial charge is 0.341 e. The SMILES string of the molecule is COC(=O)c1c(NC(=O)c2ccccc2OC)sc(C(=O)Nc2ccc(C)c(Cl)c2)c1C. The van der Waals surface area contributed by atoms with Gasteiger partial charge in [0.2, 0.25) is 0 Å². The average Bonchev–Trinajstić information content (AvgIpc) is 3.11. The molecule has 32 heavy (non-hydrogen) atoms. The van der Waals surface area contributed by atoms with Crippen molar-refractivity contribution in [3.63, 3.8) is 0 Å². The molecule has 0 radical (unpaired) electrons. The summed E-state index contributed by atoms with van der Waals surface area (Å²) in [6.45, 7) is 3.48. The molecule has 2 amide bonds. The summed E-state index contributed by atoms with van der Waals surface area (Å²) in [5.41, 5.74) is 2.20. The summed E-state index contributed by atoms with van der Waals surface area (Å²) >= 11 is 7.12. The van der Waals surface area contributed by atoms with Crippen LogP contribution in [0.1, 0.15) is 41.5 Å². The van der Waals surface area contributed by atoms with Crippen molar-refractivity contribution in [3.8, 4) is 5.75 Å². The number of esters is 1. The Morgan fingerprint density at radius 2 is 1.69 bits per heavy atom. The van der Waals surface area contributed by atoms with E-state index < -0.39 is 17.8 Å². The van der Waals surface area contributed by atoms with E-state index in [1.165, 1.54) is 14.2 Å². The summed E-state index contributed by atoms with van der Waals surface area (Å²) in [6.07, 6.45) is 0. The van der Waals surface area contributed by atoms with Gasteiger partial charge >= 0.3 is 5.97 Å². The van der Waals surface area contributed by atoms with E-state index in [0.29, 0.717) is 22.0 Å². The summed E-state index contributed by atoms with van der Waals surface area (Å²) in [5.74, 6) is -1.19. The third-order valence-electron chi connectivity index (χ3n) is 4.75. The number of hydrogen-bond donors (Lipinski definition) is 2. The molecule has 0 aliphatic heterocycles. The van der Waals surface area contributed by atoms with Crippen molar-refractivity contribution >= 4 is 51.4 Å². The highest BCUT2D eigenvalue weighted by Crippen LogP contribution is 2.35. The number of nitrogens with one attached hydrogen (secondary N) is 2. The lowest BCUT2D eigenvalue weighted by Crippen LogP contribution is -2.15. The number of benzene rings is 2. The monoisotopic (exact) mass is 472 g/mol. The van der Waals surface area contributed by atoms with Gasteiger partial charge in [0.05, 0.1) is 30.2 Å². The standard InChI is InChI=1S/C23H21ClN2O5S/c1-12-9-10-14(11-16(12)24)25-21(28)19-13(2)18(23(29)31-4)22(32-19)26-20(27)15-7-5-6-8-17(15)30-3/h5-11H,1-4H3,(H,25,28)(H,26,27). The van der Waals surface area contributed by atoms with Crippen molar-refractivity contribution in [1.29, 1.82) is 0 Å². The molecule has 7 nitrogen and oxygen atoms in total. The van der Waals surface area contributed by atoms with Crippen LogP contribution in [0.4, 0.5) is 10.7 Å². The fourth-order valence-electron chi connectivity index (χ4n) is 3.03. The van der Waals surface area contributed by atoms with Gasteiger partial charge in [0.1, 0.15) is 10.8 Å². The molecule has 0 atom stereocenters. The lowest BCUT2D eigenvalue weighted by atomic mass is 10.1. The van der Waals surface area contributed by atoms with Crippen LogP contribution < -0.4 is 15.4 Å². The number of halogens is 1. The number of anilines is 2. The first-order valence-corrected chi connectivity index (χ1v) is 10.7. The van der Waals surface area contributed by atoms with Gasteiger partial charge in [-0.3, -0.25) is 9.59 Å². The summed E-state index contributed by atoms with van der Waals surface area (Å²) < 4.78 is 10.1. The maximum atomic E-state index is 12.9. The van der Waals surface area contributed by atoms with Crippen LogP contribution in [0.15, 0.2) is 42.5 Å². The van der Waals surface area contributed by atoms with Gasteiger partial charge in [0.25, 0.3) is 11.8 Å². The highest BCUT2D eigenvalue weighted by molar-refractivity contribution is 7.19. The molecular weight excluding hydrogens is 452 g/mol. The maximum Gasteiger partial charge on any atom is 0.341 e. The minimum atomic E-state index is -0.661. The Morgan fingerprint density at radius 3 is 2.34 bits per heavy atom. The van der Waals surface area contributed by atoms with Crippen LogP contribution >= 0.6 is 22.9 Å². The molecule has 166 valence electrons. The number of carbonyl (C=O) groups excluding carboxylic acids is 3. The zero-order valence-electron chi connectivity index (χ0n) is 17.9. The van der Waals surface area contributed by atoms with Crippen molar-refractivity contribution < 1.29 is 23.9 Å². The first-order chi connectivity index (χ1) is 15.3. The number of hydrogen-bond acceptors (Lipinski definition) is 6. The van der Waals surface area contributed by atoms with Crippen LogP contribution in [0.3, 0.4) is 0 Å². The van der Waals surface area contributed by atoms with Gasteiger partial charge in [-0.15, -0.1) is 11.3 Å². The van der Waals surface area contributed by atoms with Crippen molar-refractivity contribution in [3.05, 3.63) is 74.6 Å². The Bertz CT molecular complexity index is 1210. The molecular formula is C23H21ClN2O5S. The first kappa shape index (κ1) is 23.3. The van der Waals surface area contributed by atoms with Gasteiger partial charge in [0, 0.05) is 10.7 Å². The van der Waals surface area contributed by atoms with E-state index in [9.17, 15) is 14.4 Å². The highest BCUT2D eigenvalue weighted by atomic mass is 35.5. The van der Waals surface area contributed by atoms with E-state index >= 15 is 0 Å². The van der Waals surface area contributed by atoms with Crippen LogP contribution in [-0.2, 0) is 4.74 Å². The molecule has 0 unspecified atom stereocenters. The molecule has 0 bridgehead atoms. The summed E-state index contributed by atoms with van der Waals surface area (Å²) in [6, 6.07) is 11.9. The zero-order chi connectivity index (χ0) is 23.4. The van der Waals surface area contributed by atoms with E-state index in [0.717, 1.165) is 16.9 Å². The minimum absolute atomic E-state index is 0.118. The predicted molar refractivity (Wildman–Crippen MR) is 125 cm³/mol. The second-order valence-corrected chi connectivity index (χ2v) is 8.25. The Labute approximate surface area is 194 Å². The molecule has 0 saturated heterocycles. The highest BCUT2D eigenvalue weighted by Gasteiger charge is 2.27. The van der Waals surface area contributed by atoms with E-state index in [1.807, 2.05) is 6.92 Å². The topological polar surface area (TPSA) is 93.7 Å². The minimum Gasteiger partial charge on any atom is -0.496 e. The molecule has 0 aliphatic rings. The van der Waals surface area contributed by atoms with Gasteiger partial charge in [-0.2, -0.15) is 0 Å². The maximum absolute atomic E-state index is 12.9. The average molecular weight is 473 g/mol. The number of amides is 2. The van der Waals surface area contributed by atoms with Crippen molar-refractivity contribution in [1.82, 2.24) is 0 Å². The summed E-state index contributed by atoms with van der Waals surface area (Å²) in [7, 11) is 2.69. The molecule has 2 aromatic carbocycles. The Morgan fingerprint density at radius 1 is 0.969 bits per heavy atom. The van der Waals surface area contributed by atoms with Crippen LogP contribution in [-0.4, -0.2) is 32.0 Å². The number of carbonyl (C=O) groups is 3. The van der Waals surface area contributed by atoms with Gasteiger partial charge in [0.15, 0.2) is 0 Å². The van der Waals surface area contributed by atoms with Gasteiger partial charge < -0.3 is 20.1 Å². The van der Waals surface area contributed by atoms with Crippen molar-refractivity contribution in [2.45, 2.75) is 13.8 Å². The fraction of sp³-hybridized carbons (Fsp3) is 0.174. The normalized spacial score (nSPS) is 10.4. The number of aryl methyl sites for hydroxylation is 1. The zero-order valence-corrected chi connectivity index (χ0v) is 19.4. The molecule has 3 aromatic rings. The number of para-hydroxylation sites is 1. The number of ether oxygens (including phenoxy) is 2. The quantitative estimate of drug-likeness (QED) is 0.473. The third kappa shape index (κ3) is 4.76. The van der Waals surface area contributed by atoms with Gasteiger partial charge in [-0.05, 0) is 49.2 Å². The molecule has 0 spiro atoms. The van der Waals surface area contributed by atoms with Gasteiger partial charge in [-0.1, -0.05) is 29.8 Å². The fourth-order valence-corrected chi connectivity index (χ4v) is 4.29. The lowest BCUT2D eigenvalue weighted by molar-refractivity contribution is 0.0601. The van der Waals surface area contributed by atoms with Crippen molar-refractivity contribution in [2.75, 3.05) is 24.9 Å². The van der Waals surface area contributed by atoms with Gasteiger partial charge in [-0.25, -0.2) is 4.79 Å². The van der Waals surface area contributed by atoms with Crippen LogP contribution in [0, 0.1) is 13.8 Å². The summed E-state index contributed by atoms with van der Waals surface area (Å²) in [5, 5.41) is 6.21. The second-order valence-electron chi connectivity index (χ2n) is 6.82. The number of rotatable bonds is 6. The molecule has 1 aromatic heterocycles. The van der Waals surface area contributed by atoms with E-state index in [4.69, 9.17) is 21.1 Å². The Balaban J connectivity index is 1.95. The molecule has 0 aliphatic carbocycles. The molecule has 0 saturated carbocycles. The molecule has 1 heterocycles. The largest absolute Gasteiger partial charge is 0.496 e. The predicted octanol–water partition coefficient (Wildman–Crippen LogP) is 5.32. The van der Waals surface area contributed by atoms with Crippen molar-refractivity contribution in [2.24, 2.45) is 0 Å². The molecule has 0 fully saturated rings. The first-order valence-electron chi connectivity index (χ1n) is 9.50. The molecule has 2 N–H and O–H groups in total. The third-order valence-corrected chi connectivity index (χ3v) is 6.36. The second kappa shape index (κ2) is 9.84. The Kier molecular flexibility index (Phi) is 7.17. The van der Waals surface area contributed by atoms with Crippen LogP contribution in [0.2, 0.25) is 5.02 Å². The van der Waals surface area contributed by atoms with E-state index in [2.05, 4.69) is 10.6 Å². The van der Waals surface area contributed by atoms with E-state index in [1.54, 1.807) is 49.4 Å². The molecule has 9 heteroatoms. The lowest BCUT2D eigenvalue weighted by Gasteiger charge is -2.09. The number of thiophene rings is 1. The summed E-state index contributed by atoms with van der Waals surface area (Å²) in [4.78, 5) is 38.5.